The maximum Gasteiger partial charge on any atom is 0.308 e. The number of piperidine rings is 1. The largest absolute Gasteiger partial charge is 0.481 e. The van der Waals surface area contributed by atoms with Gasteiger partial charge in [-0.1, -0.05) is 12.1 Å². The van der Waals surface area contributed by atoms with Gasteiger partial charge in [0.15, 0.2) is 0 Å². The van der Waals surface area contributed by atoms with Crippen molar-refractivity contribution in [2.45, 2.75) is 19.8 Å². The lowest BCUT2D eigenvalue weighted by Gasteiger charge is -2.32. The lowest BCUT2D eigenvalue weighted by atomic mass is 9.96. The van der Waals surface area contributed by atoms with Crippen LogP contribution in [-0.2, 0) is 4.79 Å². The third-order valence-electron chi connectivity index (χ3n) is 4.90. The molecule has 0 aliphatic carbocycles. The normalized spacial score (nSPS) is 17.4. The molecular formula is C20H20N4O2. The van der Waals surface area contributed by atoms with Gasteiger partial charge in [0.2, 0.25) is 0 Å². The Balaban J connectivity index is 1.87. The molecule has 0 saturated carbocycles. The number of aryl methyl sites for hydroxylation is 1. The predicted molar refractivity (Wildman–Crippen MR) is 100 cm³/mol. The van der Waals surface area contributed by atoms with E-state index in [0.717, 1.165) is 46.4 Å². The van der Waals surface area contributed by atoms with E-state index < -0.39 is 5.97 Å². The fraction of sp³-hybridized carbons (Fsp3) is 0.300. The molecule has 1 aliphatic heterocycles. The van der Waals surface area contributed by atoms with Crippen molar-refractivity contribution >= 4 is 22.7 Å². The zero-order valence-corrected chi connectivity index (χ0v) is 14.6. The summed E-state index contributed by atoms with van der Waals surface area (Å²) in [7, 11) is 0. The average molecular weight is 348 g/mol. The van der Waals surface area contributed by atoms with Crippen LogP contribution in [0, 0.1) is 12.8 Å². The Kier molecular flexibility index (Phi) is 4.24. The van der Waals surface area contributed by atoms with E-state index in [0.29, 0.717) is 13.0 Å². The van der Waals surface area contributed by atoms with Crippen molar-refractivity contribution in [3.63, 3.8) is 0 Å². The smallest absolute Gasteiger partial charge is 0.308 e. The van der Waals surface area contributed by atoms with E-state index in [9.17, 15) is 9.90 Å². The molecule has 0 spiro atoms. The average Bonchev–Trinajstić information content (AvgIpc) is 2.67. The molecule has 3 aromatic rings. The van der Waals surface area contributed by atoms with Crippen LogP contribution in [0.3, 0.4) is 0 Å². The highest BCUT2D eigenvalue weighted by Gasteiger charge is 2.27. The molecule has 1 atom stereocenters. The van der Waals surface area contributed by atoms with Gasteiger partial charge in [-0.15, -0.1) is 0 Å². The summed E-state index contributed by atoms with van der Waals surface area (Å²) in [6.07, 6.45) is 6.78. The summed E-state index contributed by atoms with van der Waals surface area (Å²) in [6, 6.07) is 8.08. The van der Waals surface area contributed by atoms with Crippen molar-refractivity contribution in [3.8, 4) is 11.1 Å². The van der Waals surface area contributed by atoms with Crippen LogP contribution in [-0.4, -0.2) is 39.1 Å². The van der Waals surface area contributed by atoms with E-state index in [1.807, 2.05) is 37.5 Å². The Morgan fingerprint density at radius 1 is 1.27 bits per heavy atom. The number of carboxylic acid groups (broad SMARTS) is 1. The minimum Gasteiger partial charge on any atom is -0.481 e. The molecule has 0 radical (unpaired) electrons. The number of rotatable bonds is 3. The molecule has 26 heavy (non-hydrogen) atoms. The van der Waals surface area contributed by atoms with Gasteiger partial charge in [-0.3, -0.25) is 9.78 Å². The summed E-state index contributed by atoms with van der Waals surface area (Å²) in [5, 5.41) is 10.4. The highest BCUT2D eigenvalue weighted by molar-refractivity contribution is 6.02. The lowest BCUT2D eigenvalue weighted by molar-refractivity contribution is -0.141. The second-order valence-corrected chi connectivity index (χ2v) is 6.77. The number of fused-ring (bicyclic) bond motifs is 1. The van der Waals surface area contributed by atoms with Crippen LogP contribution in [0.2, 0.25) is 0 Å². The Morgan fingerprint density at radius 2 is 2.15 bits per heavy atom. The fourth-order valence-electron chi connectivity index (χ4n) is 3.65. The number of hydrogen-bond donors (Lipinski definition) is 1. The van der Waals surface area contributed by atoms with Gasteiger partial charge in [-0.2, -0.15) is 0 Å². The van der Waals surface area contributed by atoms with Crippen LogP contribution in [0.4, 0.5) is 5.82 Å². The summed E-state index contributed by atoms with van der Waals surface area (Å²) >= 11 is 0. The third kappa shape index (κ3) is 2.98. The standard InChI is InChI=1S/C20H20N4O2/c1-13-8-15(10-21-9-13)16-5-2-6-17-18(16)19(23-12-22-17)24-7-3-4-14(11-24)20(25)26/h2,5-6,8-10,12,14H,3-4,7,11H2,1H3,(H,25,26). The molecule has 1 N–H and O–H groups in total. The Bertz CT molecular complexity index is 968. The van der Waals surface area contributed by atoms with Gasteiger partial charge in [0.1, 0.15) is 12.1 Å². The summed E-state index contributed by atoms with van der Waals surface area (Å²) in [6.45, 7) is 3.29. The van der Waals surface area contributed by atoms with E-state index in [2.05, 4.69) is 25.9 Å². The summed E-state index contributed by atoms with van der Waals surface area (Å²) in [5.74, 6) is -0.296. The first kappa shape index (κ1) is 16.4. The van der Waals surface area contributed by atoms with Gasteiger partial charge < -0.3 is 10.0 Å². The van der Waals surface area contributed by atoms with Crippen LogP contribution in [0.1, 0.15) is 18.4 Å². The van der Waals surface area contributed by atoms with Gasteiger partial charge in [0.05, 0.1) is 16.8 Å². The highest BCUT2D eigenvalue weighted by Crippen LogP contribution is 2.35. The van der Waals surface area contributed by atoms with Crippen molar-refractivity contribution in [2.75, 3.05) is 18.0 Å². The molecule has 0 bridgehead atoms. The van der Waals surface area contributed by atoms with Crippen molar-refractivity contribution < 1.29 is 9.90 Å². The van der Waals surface area contributed by atoms with E-state index in [1.165, 1.54) is 0 Å². The second kappa shape index (κ2) is 6.71. The zero-order chi connectivity index (χ0) is 18.1. The summed E-state index contributed by atoms with van der Waals surface area (Å²) in [5.41, 5.74) is 3.97. The van der Waals surface area contributed by atoms with Gasteiger partial charge in [-0.25, -0.2) is 9.97 Å². The molecule has 4 rings (SSSR count). The van der Waals surface area contributed by atoms with Crippen LogP contribution in [0.25, 0.3) is 22.0 Å². The molecule has 1 saturated heterocycles. The van der Waals surface area contributed by atoms with Crippen molar-refractivity contribution in [3.05, 3.63) is 48.5 Å². The molecule has 1 fully saturated rings. The topological polar surface area (TPSA) is 79.2 Å². The molecule has 1 aliphatic rings. The molecular weight excluding hydrogens is 328 g/mol. The quantitative estimate of drug-likeness (QED) is 0.782. The minimum absolute atomic E-state index is 0.360. The van der Waals surface area contributed by atoms with Crippen molar-refractivity contribution in [1.29, 1.82) is 0 Å². The molecule has 6 nitrogen and oxygen atoms in total. The molecule has 3 heterocycles. The van der Waals surface area contributed by atoms with Crippen molar-refractivity contribution in [1.82, 2.24) is 15.0 Å². The highest BCUT2D eigenvalue weighted by atomic mass is 16.4. The van der Waals surface area contributed by atoms with Crippen molar-refractivity contribution in [2.24, 2.45) is 5.92 Å². The lowest BCUT2D eigenvalue weighted by Crippen LogP contribution is -2.39. The van der Waals surface area contributed by atoms with E-state index >= 15 is 0 Å². The molecule has 2 aromatic heterocycles. The van der Waals surface area contributed by atoms with E-state index in [-0.39, 0.29) is 5.92 Å². The van der Waals surface area contributed by atoms with Gasteiger partial charge in [-0.05, 0) is 43.0 Å². The van der Waals surface area contributed by atoms with Crippen LogP contribution >= 0.6 is 0 Å². The molecule has 6 heteroatoms. The number of aliphatic carboxylic acids is 1. The Morgan fingerprint density at radius 3 is 2.96 bits per heavy atom. The zero-order valence-electron chi connectivity index (χ0n) is 14.6. The first-order valence-corrected chi connectivity index (χ1v) is 8.77. The number of aromatic nitrogens is 3. The van der Waals surface area contributed by atoms with Gasteiger partial charge in [0.25, 0.3) is 0 Å². The number of carbonyl (C=O) groups is 1. The van der Waals surface area contributed by atoms with E-state index in [1.54, 1.807) is 6.33 Å². The number of benzene rings is 1. The van der Waals surface area contributed by atoms with Crippen LogP contribution in [0.5, 0.6) is 0 Å². The summed E-state index contributed by atoms with van der Waals surface area (Å²) in [4.78, 5) is 26.8. The van der Waals surface area contributed by atoms with Crippen LogP contribution < -0.4 is 4.90 Å². The maximum absolute atomic E-state index is 11.5. The number of nitrogens with zero attached hydrogens (tertiary/aromatic N) is 4. The van der Waals surface area contributed by atoms with Gasteiger partial charge >= 0.3 is 5.97 Å². The first-order valence-electron chi connectivity index (χ1n) is 8.77. The number of carboxylic acids is 1. The predicted octanol–water partition coefficient (Wildman–Crippen LogP) is 3.30. The molecule has 0 amide bonds. The molecule has 1 unspecified atom stereocenters. The monoisotopic (exact) mass is 348 g/mol. The third-order valence-corrected chi connectivity index (χ3v) is 4.90. The second-order valence-electron chi connectivity index (χ2n) is 6.77. The van der Waals surface area contributed by atoms with Gasteiger partial charge in [0, 0.05) is 31.0 Å². The number of pyridine rings is 1. The Hall–Kier alpha value is -3.02. The Labute approximate surface area is 151 Å². The number of anilines is 1. The molecule has 132 valence electrons. The summed E-state index contributed by atoms with van der Waals surface area (Å²) < 4.78 is 0. The van der Waals surface area contributed by atoms with E-state index in [4.69, 9.17) is 0 Å². The SMILES string of the molecule is Cc1cncc(-c2cccc3ncnc(N4CCCC(C(=O)O)C4)c23)c1. The fourth-order valence-corrected chi connectivity index (χ4v) is 3.65. The first-order chi connectivity index (χ1) is 12.6. The maximum atomic E-state index is 11.5. The van der Waals surface area contributed by atoms with Crippen LogP contribution in [0.15, 0.2) is 43.0 Å². The molecule has 1 aromatic carbocycles. The minimum atomic E-state index is -0.740. The number of hydrogen-bond acceptors (Lipinski definition) is 5.